The van der Waals surface area contributed by atoms with E-state index in [0.29, 0.717) is 13.1 Å². The molecule has 24 heavy (non-hydrogen) atoms. The monoisotopic (exact) mass is 344 g/mol. The highest BCUT2D eigenvalue weighted by atomic mass is 32.1. The van der Waals surface area contributed by atoms with Gasteiger partial charge in [0.15, 0.2) is 0 Å². The van der Waals surface area contributed by atoms with Crippen LogP contribution in [-0.2, 0) is 6.54 Å². The molecule has 0 spiro atoms. The zero-order valence-corrected chi connectivity index (χ0v) is 14.6. The van der Waals surface area contributed by atoms with Crippen LogP contribution in [0.1, 0.15) is 24.3 Å². The van der Waals surface area contributed by atoms with E-state index in [9.17, 15) is 4.79 Å². The number of carbonyl (C=O) groups excluding carboxylic acids is 1. The van der Waals surface area contributed by atoms with Gasteiger partial charge in [0.1, 0.15) is 5.01 Å². The molecule has 0 aliphatic carbocycles. The van der Waals surface area contributed by atoms with Crippen LogP contribution < -0.4 is 10.6 Å². The van der Waals surface area contributed by atoms with Crippen molar-refractivity contribution in [1.82, 2.24) is 20.5 Å². The van der Waals surface area contributed by atoms with Crippen molar-refractivity contribution in [2.75, 3.05) is 26.2 Å². The normalized spacial score (nSPS) is 15.2. The van der Waals surface area contributed by atoms with Gasteiger partial charge in [-0.05, 0) is 25.9 Å². The second kappa shape index (κ2) is 8.80. The zero-order chi connectivity index (χ0) is 16.6. The van der Waals surface area contributed by atoms with Crippen molar-refractivity contribution < 1.29 is 4.79 Å². The van der Waals surface area contributed by atoms with Gasteiger partial charge in [0.05, 0.1) is 12.2 Å². The van der Waals surface area contributed by atoms with Gasteiger partial charge in [-0.3, -0.25) is 0 Å². The molecule has 1 aliphatic rings. The van der Waals surface area contributed by atoms with E-state index in [4.69, 9.17) is 0 Å². The quantitative estimate of drug-likeness (QED) is 0.847. The number of aromatic nitrogens is 1. The van der Waals surface area contributed by atoms with Crippen LogP contribution in [0.4, 0.5) is 4.79 Å². The smallest absolute Gasteiger partial charge is 0.315 e. The van der Waals surface area contributed by atoms with Crippen LogP contribution in [-0.4, -0.2) is 42.1 Å². The Hall–Kier alpha value is -1.92. The van der Waals surface area contributed by atoms with Crippen LogP contribution in [0.3, 0.4) is 0 Å². The van der Waals surface area contributed by atoms with Crippen molar-refractivity contribution in [3.05, 3.63) is 40.7 Å². The molecular formula is C18H24N4OS. The summed E-state index contributed by atoms with van der Waals surface area (Å²) < 4.78 is 0. The number of benzene rings is 1. The summed E-state index contributed by atoms with van der Waals surface area (Å²) in [6.45, 7) is 4.41. The molecule has 1 aliphatic heterocycles. The second-order valence-electron chi connectivity index (χ2n) is 6.00. The molecule has 0 saturated carbocycles. The number of piperidine rings is 1. The van der Waals surface area contributed by atoms with Crippen LogP contribution >= 0.6 is 11.3 Å². The standard InChI is InChI=1S/C18H24N4OS/c23-18(19-9-12-22-10-5-2-6-11-22)20-13-17-21-16(14-24-17)15-7-3-1-4-8-15/h1,3-4,7-8,14H,2,5-6,9-13H2,(H2,19,20,23). The third-order valence-electron chi connectivity index (χ3n) is 4.18. The van der Waals surface area contributed by atoms with E-state index in [1.54, 1.807) is 11.3 Å². The van der Waals surface area contributed by atoms with E-state index in [-0.39, 0.29) is 6.03 Å². The third-order valence-corrected chi connectivity index (χ3v) is 5.03. The SMILES string of the molecule is O=C(NCCN1CCCCC1)NCc1nc(-c2ccccc2)cs1. The molecule has 6 heteroatoms. The number of hydrogen-bond acceptors (Lipinski definition) is 4. The summed E-state index contributed by atoms with van der Waals surface area (Å²) in [7, 11) is 0. The molecule has 1 saturated heterocycles. The van der Waals surface area contributed by atoms with Gasteiger partial charge in [-0.15, -0.1) is 11.3 Å². The maximum absolute atomic E-state index is 11.9. The van der Waals surface area contributed by atoms with Gasteiger partial charge in [-0.2, -0.15) is 0 Å². The van der Waals surface area contributed by atoms with Crippen molar-refractivity contribution in [3.8, 4) is 11.3 Å². The predicted octanol–water partition coefficient (Wildman–Crippen LogP) is 3.10. The number of rotatable bonds is 6. The first-order valence-electron chi connectivity index (χ1n) is 8.55. The van der Waals surface area contributed by atoms with Crippen molar-refractivity contribution in [2.24, 2.45) is 0 Å². The number of carbonyl (C=O) groups is 1. The van der Waals surface area contributed by atoms with Crippen LogP contribution in [0.2, 0.25) is 0 Å². The predicted molar refractivity (Wildman–Crippen MR) is 98.1 cm³/mol. The molecule has 0 radical (unpaired) electrons. The van der Waals surface area contributed by atoms with Gasteiger partial charge in [-0.1, -0.05) is 36.8 Å². The lowest BCUT2D eigenvalue weighted by atomic mass is 10.1. The fourth-order valence-electron chi connectivity index (χ4n) is 2.86. The molecule has 1 aromatic carbocycles. The van der Waals surface area contributed by atoms with E-state index in [2.05, 4.69) is 20.5 Å². The largest absolute Gasteiger partial charge is 0.337 e. The first kappa shape index (κ1) is 16.9. The van der Waals surface area contributed by atoms with Crippen molar-refractivity contribution in [2.45, 2.75) is 25.8 Å². The lowest BCUT2D eigenvalue weighted by Gasteiger charge is -2.26. The van der Waals surface area contributed by atoms with Crippen LogP contribution in [0.25, 0.3) is 11.3 Å². The fourth-order valence-corrected chi connectivity index (χ4v) is 3.61. The average molecular weight is 344 g/mol. The highest BCUT2D eigenvalue weighted by Crippen LogP contribution is 2.21. The number of thiazole rings is 1. The maximum Gasteiger partial charge on any atom is 0.315 e. The summed E-state index contributed by atoms with van der Waals surface area (Å²) in [6.07, 6.45) is 3.89. The van der Waals surface area contributed by atoms with Gasteiger partial charge in [0.25, 0.3) is 0 Å². The van der Waals surface area contributed by atoms with Crippen molar-refractivity contribution >= 4 is 17.4 Å². The van der Waals surface area contributed by atoms with Gasteiger partial charge in [-0.25, -0.2) is 9.78 Å². The average Bonchev–Trinajstić information content (AvgIpc) is 3.11. The van der Waals surface area contributed by atoms with Crippen LogP contribution in [0, 0.1) is 0 Å². The number of likely N-dealkylation sites (tertiary alicyclic amines) is 1. The Bertz CT molecular complexity index is 637. The van der Waals surface area contributed by atoms with Gasteiger partial charge < -0.3 is 15.5 Å². The van der Waals surface area contributed by atoms with E-state index < -0.39 is 0 Å². The Morgan fingerprint density at radius 1 is 1.12 bits per heavy atom. The molecule has 2 N–H and O–H groups in total. The molecule has 2 aromatic rings. The van der Waals surface area contributed by atoms with Gasteiger partial charge >= 0.3 is 6.03 Å². The van der Waals surface area contributed by atoms with Crippen molar-refractivity contribution in [1.29, 1.82) is 0 Å². The Morgan fingerprint density at radius 2 is 1.92 bits per heavy atom. The molecule has 128 valence electrons. The molecule has 5 nitrogen and oxygen atoms in total. The van der Waals surface area contributed by atoms with E-state index >= 15 is 0 Å². The van der Waals surface area contributed by atoms with Gasteiger partial charge in [0, 0.05) is 24.0 Å². The lowest BCUT2D eigenvalue weighted by Crippen LogP contribution is -2.41. The number of nitrogens with one attached hydrogen (secondary N) is 2. The Morgan fingerprint density at radius 3 is 2.71 bits per heavy atom. The molecule has 1 aromatic heterocycles. The summed E-state index contributed by atoms with van der Waals surface area (Å²) in [5.41, 5.74) is 2.06. The molecular weight excluding hydrogens is 320 g/mol. The summed E-state index contributed by atoms with van der Waals surface area (Å²) in [5.74, 6) is 0. The Kier molecular flexibility index (Phi) is 6.20. The summed E-state index contributed by atoms with van der Waals surface area (Å²) in [6, 6.07) is 9.96. The molecule has 2 heterocycles. The van der Waals surface area contributed by atoms with Gasteiger partial charge in [0.2, 0.25) is 0 Å². The second-order valence-corrected chi connectivity index (χ2v) is 6.95. The molecule has 1 fully saturated rings. The number of hydrogen-bond donors (Lipinski definition) is 2. The summed E-state index contributed by atoms with van der Waals surface area (Å²) >= 11 is 1.57. The van der Waals surface area contributed by atoms with Crippen molar-refractivity contribution in [3.63, 3.8) is 0 Å². The Balaban J connectivity index is 1.38. The minimum absolute atomic E-state index is 0.122. The van der Waals surface area contributed by atoms with E-state index in [0.717, 1.165) is 35.9 Å². The van der Waals surface area contributed by atoms with E-state index in [1.807, 2.05) is 35.7 Å². The molecule has 0 bridgehead atoms. The Labute approximate surface area is 147 Å². The van der Waals surface area contributed by atoms with Crippen LogP contribution in [0.15, 0.2) is 35.7 Å². The summed E-state index contributed by atoms with van der Waals surface area (Å²) in [5, 5.41) is 8.75. The van der Waals surface area contributed by atoms with Crippen LogP contribution in [0.5, 0.6) is 0 Å². The summed E-state index contributed by atoms with van der Waals surface area (Å²) in [4.78, 5) is 18.9. The number of urea groups is 1. The lowest BCUT2D eigenvalue weighted by molar-refractivity contribution is 0.220. The topological polar surface area (TPSA) is 57.3 Å². The highest BCUT2D eigenvalue weighted by molar-refractivity contribution is 7.09. The maximum atomic E-state index is 11.9. The minimum Gasteiger partial charge on any atom is -0.337 e. The first-order chi connectivity index (χ1) is 11.8. The highest BCUT2D eigenvalue weighted by Gasteiger charge is 2.10. The zero-order valence-electron chi connectivity index (χ0n) is 13.8. The first-order valence-corrected chi connectivity index (χ1v) is 9.43. The fraction of sp³-hybridized carbons (Fsp3) is 0.444. The molecule has 2 amide bonds. The number of nitrogens with zero attached hydrogens (tertiary/aromatic N) is 2. The third kappa shape index (κ3) is 5.04. The molecule has 3 rings (SSSR count). The molecule has 0 unspecified atom stereocenters. The van der Waals surface area contributed by atoms with E-state index in [1.165, 1.54) is 19.3 Å². The molecule has 0 atom stereocenters. The minimum atomic E-state index is -0.122. The number of amides is 2.